The Morgan fingerprint density at radius 2 is 1.90 bits per heavy atom. The molecular weight excluding hydrogens is 399 g/mol. The Morgan fingerprint density at radius 1 is 1.23 bits per heavy atom. The summed E-state index contributed by atoms with van der Waals surface area (Å²) >= 11 is 0. The second kappa shape index (κ2) is 9.92. The summed E-state index contributed by atoms with van der Waals surface area (Å²) in [6.45, 7) is 2.55. The molecule has 0 aromatic heterocycles. The van der Waals surface area contributed by atoms with E-state index in [0.29, 0.717) is 37.8 Å². The molecule has 2 N–H and O–H groups in total. The first-order chi connectivity index (χ1) is 14.9. The van der Waals surface area contributed by atoms with Crippen molar-refractivity contribution in [3.05, 3.63) is 71.0 Å². The van der Waals surface area contributed by atoms with Crippen LogP contribution in [0.3, 0.4) is 0 Å². The van der Waals surface area contributed by atoms with Gasteiger partial charge in [-0.05, 0) is 61.1 Å². The molecule has 0 radical (unpaired) electrons. The maximum atomic E-state index is 13.4. The van der Waals surface area contributed by atoms with Crippen molar-refractivity contribution in [2.45, 2.75) is 44.2 Å². The zero-order valence-corrected chi connectivity index (χ0v) is 17.9. The molecule has 0 aliphatic carbocycles. The third kappa shape index (κ3) is 4.88. The number of methoxy groups -OCH3 is 1. The highest BCUT2D eigenvalue weighted by Gasteiger charge is 2.41. The topological polar surface area (TPSA) is 78.9 Å². The standard InChI is InChI=1S/C24H29FN2O4/c1-3-21(17-5-7-18(8-6-17)22(29)31-2)27-15-14-24(13-4-16-28,26-23(27)30)19-9-11-20(25)12-10-19/h5-12,21,28H,3-4,13-16H2,1-2H3,(H,26,30). The van der Waals surface area contributed by atoms with Gasteiger partial charge in [-0.25, -0.2) is 14.0 Å². The number of nitrogens with zero attached hydrogens (tertiary/aromatic N) is 1. The number of halogens is 1. The second-order valence-electron chi connectivity index (χ2n) is 7.83. The SMILES string of the molecule is CCC(c1ccc(C(=O)OC)cc1)N1CCC(CCCO)(c2ccc(F)cc2)NC1=O. The van der Waals surface area contributed by atoms with Crippen LogP contribution in [0.1, 0.15) is 60.1 Å². The molecule has 2 amide bonds. The van der Waals surface area contributed by atoms with E-state index < -0.39 is 11.5 Å². The van der Waals surface area contributed by atoms with Crippen LogP contribution in [0.25, 0.3) is 0 Å². The highest BCUT2D eigenvalue weighted by Crippen LogP contribution is 2.37. The van der Waals surface area contributed by atoms with E-state index in [1.54, 1.807) is 29.2 Å². The van der Waals surface area contributed by atoms with Gasteiger partial charge in [0.2, 0.25) is 0 Å². The van der Waals surface area contributed by atoms with Gasteiger partial charge in [-0.2, -0.15) is 0 Å². The fraction of sp³-hybridized carbons (Fsp3) is 0.417. The second-order valence-corrected chi connectivity index (χ2v) is 7.83. The molecule has 2 aromatic rings. The van der Waals surface area contributed by atoms with Crippen LogP contribution in [0.4, 0.5) is 9.18 Å². The van der Waals surface area contributed by atoms with Crippen LogP contribution >= 0.6 is 0 Å². The number of hydrogen-bond donors (Lipinski definition) is 2. The van der Waals surface area contributed by atoms with E-state index in [2.05, 4.69) is 5.32 Å². The van der Waals surface area contributed by atoms with E-state index in [9.17, 15) is 19.1 Å². The molecule has 1 aliphatic heterocycles. The van der Waals surface area contributed by atoms with E-state index in [1.807, 2.05) is 19.1 Å². The predicted octanol–water partition coefficient (Wildman–Crippen LogP) is 4.15. The molecule has 1 heterocycles. The lowest BCUT2D eigenvalue weighted by Crippen LogP contribution is -2.58. The van der Waals surface area contributed by atoms with Crippen molar-refractivity contribution in [1.29, 1.82) is 0 Å². The summed E-state index contributed by atoms with van der Waals surface area (Å²) in [7, 11) is 1.34. The molecule has 2 aromatic carbocycles. The van der Waals surface area contributed by atoms with Crippen LogP contribution in [-0.4, -0.2) is 42.3 Å². The predicted molar refractivity (Wildman–Crippen MR) is 115 cm³/mol. The fourth-order valence-electron chi connectivity index (χ4n) is 4.34. The van der Waals surface area contributed by atoms with Gasteiger partial charge in [-0.15, -0.1) is 0 Å². The quantitative estimate of drug-likeness (QED) is 0.619. The summed E-state index contributed by atoms with van der Waals surface area (Å²) < 4.78 is 18.2. The van der Waals surface area contributed by atoms with E-state index >= 15 is 0 Å². The molecule has 0 bridgehead atoms. The number of carbonyl (C=O) groups excluding carboxylic acids is 2. The number of amides is 2. The van der Waals surface area contributed by atoms with Gasteiger partial charge < -0.3 is 20.1 Å². The number of hydrogen-bond acceptors (Lipinski definition) is 4. The Labute approximate surface area is 182 Å². The molecule has 1 aliphatic rings. The number of nitrogens with one attached hydrogen (secondary N) is 1. The summed E-state index contributed by atoms with van der Waals surface area (Å²) in [4.78, 5) is 26.7. The number of rotatable bonds is 8. The van der Waals surface area contributed by atoms with Crippen molar-refractivity contribution >= 4 is 12.0 Å². The molecule has 1 fully saturated rings. The average molecular weight is 429 g/mol. The summed E-state index contributed by atoms with van der Waals surface area (Å²) in [5.74, 6) is -0.727. The number of benzene rings is 2. The molecule has 7 heteroatoms. The van der Waals surface area contributed by atoms with Crippen LogP contribution in [0.15, 0.2) is 48.5 Å². The van der Waals surface area contributed by atoms with Gasteiger partial charge in [0.25, 0.3) is 0 Å². The minimum Gasteiger partial charge on any atom is -0.465 e. The summed E-state index contributed by atoms with van der Waals surface area (Å²) in [6.07, 6.45) is 2.45. The van der Waals surface area contributed by atoms with Crippen LogP contribution in [-0.2, 0) is 10.3 Å². The lowest BCUT2D eigenvalue weighted by molar-refractivity contribution is 0.0600. The summed E-state index contributed by atoms with van der Waals surface area (Å²) in [6, 6.07) is 13.0. The lowest BCUT2D eigenvalue weighted by Gasteiger charge is -2.45. The largest absolute Gasteiger partial charge is 0.465 e. The van der Waals surface area contributed by atoms with E-state index in [4.69, 9.17) is 4.74 Å². The Morgan fingerprint density at radius 3 is 2.45 bits per heavy atom. The summed E-state index contributed by atoms with van der Waals surface area (Å²) in [5.41, 5.74) is 1.60. The molecule has 0 saturated carbocycles. The van der Waals surface area contributed by atoms with E-state index in [0.717, 1.165) is 11.1 Å². The van der Waals surface area contributed by atoms with Crippen molar-refractivity contribution in [2.24, 2.45) is 0 Å². The molecule has 6 nitrogen and oxygen atoms in total. The fourth-order valence-corrected chi connectivity index (χ4v) is 4.34. The molecule has 3 rings (SSSR count). The molecule has 2 atom stereocenters. The normalized spacial score (nSPS) is 19.6. The van der Waals surface area contributed by atoms with Gasteiger partial charge in [-0.1, -0.05) is 31.2 Å². The van der Waals surface area contributed by atoms with Gasteiger partial charge in [0.15, 0.2) is 0 Å². The maximum Gasteiger partial charge on any atom is 0.337 e. The van der Waals surface area contributed by atoms with Crippen LogP contribution in [0.5, 0.6) is 0 Å². The zero-order valence-electron chi connectivity index (χ0n) is 17.9. The zero-order chi connectivity index (χ0) is 22.4. The molecule has 31 heavy (non-hydrogen) atoms. The molecule has 0 spiro atoms. The number of aliphatic hydroxyl groups excluding tert-OH is 1. The molecule has 2 unspecified atom stereocenters. The van der Waals surface area contributed by atoms with Gasteiger partial charge in [0.05, 0.1) is 24.3 Å². The number of carbonyl (C=O) groups is 2. The van der Waals surface area contributed by atoms with E-state index in [1.165, 1.54) is 19.2 Å². The number of esters is 1. The number of ether oxygens (including phenoxy) is 1. The first kappa shape index (κ1) is 22.7. The average Bonchev–Trinajstić information content (AvgIpc) is 2.79. The Bertz CT molecular complexity index is 901. The number of urea groups is 1. The first-order valence-electron chi connectivity index (χ1n) is 10.6. The van der Waals surface area contributed by atoms with Gasteiger partial charge in [-0.3, -0.25) is 0 Å². The summed E-state index contributed by atoms with van der Waals surface area (Å²) in [5, 5.41) is 12.5. The first-order valence-corrected chi connectivity index (χ1v) is 10.6. The van der Waals surface area contributed by atoms with Crippen molar-refractivity contribution in [2.75, 3.05) is 20.3 Å². The third-order valence-electron chi connectivity index (χ3n) is 6.02. The van der Waals surface area contributed by atoms with Crippen molar-refractivity contribution in [3.63, 3.8) is 0 Å². The minimum atomic E-state index is -0.642. The van der Waals surface area contributed by atoms with Crippen LogP contribution < -0.4 is 5.32 Å². The molecular formula is C24H29FN2O4. The maximum absolute atomic E-state index is 13.4. The molecule has 166 valence electrons. The highest BCUT2D eigenvalue weighted by atomic mass is 19.1. The van der Waals surface area contributed by atoms with Gasteiger partial charge in [0.1, 0.15) is 5.82 Å². The van der Waals surface area contributed by atoms with Crippen molar-refractivity contribution in [1.82, 2.24) is 10.2 Å². The Hall–Kier alpha value is -2.93. The minimum absolute atomic E-state index is 0.0205. The Kier molecular flexibility index (Phi) is 7.28. The lowest BCUT2D eigenvalue weighted by atomic mass is 9.80. The highest BCUT2D eigenvalue weighted by molar-refractivity contribution is 5.89. The van der Waals surface area contributed by atoms with Crippen LogP contribution in [0, 0.1) is 5.82 Å². The number of aliphatic hydroxyl groups is 1. The van der Waals surface area contributed by atoms with Gasteiger partial charge >= 0.3 is 12.0 Å². The van der Waals surface area contributed by atoms with E-state index in [-0.39, 0.29) is 24.5 Å². The van der Waals surface area contributed by atoms with Crippen molar-refractivity contribution < 1.29 is 23.8 Å². The van der Waals surface area contributed by atoms with Crippen LogP contribution in [0.2, 0.25) is 0 Å². The van der Waals surface area contributed by atoms with Gasteiger partial charge in [0, 0.05) is 13.2 Å². The molecule has 1 saturated heterocycles. The van der Waals surface area contributed by atoms with Crippen molar-refractivity contribution in [3.8, 4) is 0 Å². The third-order valence-corrected chi connectivity index (χ3v) is 6.02. The Balaban J connectivity index is 1.82. The monoisotopic (exact) mass is 428 g/mol. The smallest absolute Gasteiger partial charge is 0.337 e.